The molecule has 0 radical (unpaired) electrons. The van der Waals surface area contributed by atoms with E-state index in [1.165, 1.54) is 5.56 Å². The summed E-state index contributed by atoms with van der Waals surface area (Å²) in [6.45, 7) is 5.44. The third-order valence-electron chi connectivity index (χ3n) is 3.07. The van der Waals surface area contributed by atoms with Crippen LogP contribution in [-0.2, 0) is 9.53 Å². The van der Waals surface area contributed by atoms with Crippen molar-refractivity contribution in [3.8, 4) is 0 Å². The highest BCUT2D eigenvalue weighted by molar-refractivity contribution is 5.76. The maximum atomic E-state index is 11.8. The van der Waals surface area contributed by atoms with Gasteiger partial charge < -0.3 is 10.1 Å². The molecule has 1 unspecified atom stereocenters. The standard InChI is InChI=1S/C15H23NO2/c1-12(2)14(13-7-5-4-6-8-13)11-15(17)16-9-10-18-3/h4-8,12,14H,9-11H2,1-3H3,(H,16,17). The van der Waals surface area contributed by atoms with Crippen LogP contribution in [0.5, 0.6) is 0 Å². The lowest BCUT2D eigenvalue weighted by Gasteiger charge is -2.20. The van der Waals surface area contributed by atoms with Gasteiger partial charge in [0.05, 0.1) is 6.61 Å². The Morgan fingerprint density at radius 2 is 1.94 bits per heavy atom. The summed E-state index contributed by atoms with van der Waals surface area (Å²) in [7, 11) is 1.63. The first-order valence-corrected chi connectivity index (χ1v) is 6.45. The van der Waals surface area contributed by atoms with E-state index in [0.717, 1.165) is 0 Å². The van der Waals surface area contributed by atoms with Crippen molar-refractivity contribution >= 4 is 5.91 Å². The zero-order chi connectivity index (χ0) is 13.4. The van der Waals surface area contributed by atoms with Gasteiger partial charge in [-0.15, -0.1) is 0 Å². The van der Waals surface area contributed by atoms with Gasteiger partial charge in [0.2, 0.25) is 5.91 Å². The number of hydrogen-bond donors (Lipinski definition) is 1. The minimum atomic E-state index is 0.0922. The fourth-order valence-corrected chi connectivity index (χ4v) is 2.00. The summed E-state index contributed by atoms with van der Waals surface area (Å²) < 4.78 is 4.91. The first-order valence-electron chi connectivity index (χ1n) is 6.45. The van der Waals surface area contributed by atoms with E-state index < -0.39 is 0 Å². The molecular formula is C15H23NO2. The fraction of sp³-hybridized carbons (Fsp3) is 0.533. The summed E-state index contributed by atoms with van der Waals surface area (Å²) in [6, 6.07) is 10.2. The number of rotatable bonds is 7. The molecule has 0 heterocycles. The molecule has 18 heavy (non-hydrogen) atoms. The Morgan fingerprint density at radius 1 is 1.28 bits per heavy atom. The summed E-state index contributed by atoms with van der Waals surface area (Å²) in [5, 5.41) is 2.87. The molecular weight excluding hydrogens is 226 g/mol. The van der Waals surface area contributed by atoms with Crippen molar-refractivity contribution in [1.82, 2.24) is 5.32 Å². The van der Waals surface area contributed by atoms with Crippen molar-refractivity contribution in [2.75, 3.05) is 20.3 Å². The van der Waals surface area contributed by atoms with Gasteiger partial charge in [0.25, 0.3) is 0 Å². The predicted molar refractivity (Wildman–Crippen MR) is 73.5 cm³/mol. The molecule has 0 saturated carbocycles. The van der Waals surface area contributed by atoms with Gasteiger partial charge >= 0.3 is 0 Å². The van der Waals surface area contributed by atoms with E-state index in [9.17, 15) is 4.79 Å². The van der Waals surface area contributed by atoms with Gasteiger partial charge in [0.15, 0.2) is 0 Å². The Morgan fingerprint density at radius 3 is 2.50 bits per heavy atom. The smallest absolute Gasteiger partial charge is 0.220 e. The van der Waals surface area contributed by atoms with Crippen LogP contribution in [0.25, 0.3) is 0 Å². The van der Waals surface area contributed by atoms with Crippen LogP contribution in [0.15, 0.2) is 30.3 Å². The van der Waals surface area contributed by atoms with Crippen LogP contribution in [0.1, 0.15) is 31.7 Å². The van der Waals surface area contributed by atoms with Crippen molar-refractivity contribution in [1.29, 1.82) is 0 Å². The highest BCUT2D eigenvalue weighted by atomic mass is 16.5. The molecule has 100 valence electrons. The van der Waals surface area contributed by atoms with E-state index in [4.69, 9.17) is 4.74 Å². The zero-order valence-corrected chi connectivity index (χ0v) is 11.5. The van der Waals surface area contributed by atoms with Crippen molar-refractivity contribution in [3.63, 3.8) is 0 Å². The Balaban J connectivity index is 2.56. The van der Waals surface area contributed by atoms with Gasteiger partial charge in [-0.1, -0.05) is 44.2 Å². The van der Waals surface area contributed by atoms with Gasteiger partial charge in [-0.2, -0.15) is 0 Å². The molecule has 0 aliphatic carbocycles. The van der Waals surface area contributed by atoms with Gasteiger partial charge in [-0.05, 0) is 17.4 Å². The lowest BCUT2D eigenvalue weighted by atomic mass is 9.85. The summed E-state index contributed by atoms with van der Waals surface area (Å²) in [5.41, 5.74) is 1.23. The Bertz CT molecular complexity index is 349. The van der Waals surface area contributed by atoms with Crippen LogP contribution in [-0.4, -0.2) is 26.2 Å². The van der Waals surface area contributed by atoms with Gasteiger partial charge in [-0.25, -0.2) is 0 Å². The van der Waals surface area contributed by atoms with Crippen LogP contribution >= 0.6 is 0 Å². The molecule has 3 heteroatoms. The average molecular weight is 249 g/mol. The molecule has 1 atom stereocenters. The maximum absolute atomic E-state index is 11.8. The van der Waals surface area contributed by atoms with Crippen LogP contribution in [0.2, 0.25) is 0 Å². The molecule has 1 rings (SSSR count). The van der Waals surface area contributed by atoms with E-state index >= 15 is 0 Å². The number of nitrogens with one attached hydrogen (secondary N) is 1. The summed E-state index contributed by atoms with van der Waals surface area (Å²) in [4.78, 5) is 11.8. The van der Waals surface area contributed by atoms with Crippen molar-refractivity contribution < 1.29 is 9.53 Å². The molecule has 0 aliphatic heterocycles. The number of benzene rings is 1. The molecule has 0 aliphatic rings. The summed E-state index contributed by atoms with van der Waals surface area (Å²) >= 11 is 0. The van der Waals surface area contributed by atoms with Crippen molar-refractivity contribution in [3.05, 3.63) is 35.9 Å². The molecule has 0 aromatic heterocycles. The second-order valence-electron chi connectivity index (χ2n) is 4.81. The maximum Gasteiger partial charge on any atom is 0.220 e. The first kappa shape index (κ1) is 14.7. The minimum absolute atomic E-state index is 0.0922. The quantitative estimate of drug-likeness (QED) is 0.754. The van der Waals surface area contributed by atoms with Crippen LogP contribution < -0.4 is 5.32 Å². The van der Waals surface area contributed by atoms with Gasteiger partial charge in [0, 0.05) is 20.1 Å². The Labute approximate surface area is 110 Å². The number of hydrogen-bond acceptors (Lipinski definition) is 2. The zero-order valence-electron chi connectivity index (χ0n) is 11.5. The third-order valence-corrected chi connectivity index (χ3v) is 3.07. The molecule has 1 aromatic rings. The van der Waals surface area contributed by atoms with E-state index in [1.807, 2.05) is 18.2 Å². The second kappa shape index (κ2) is 7.88. The normalized spacial score (nSPS) is 12.4. The highest BCUT2D eigenvalue weighted by Gasteiger charge is 2.18. The van der Waals surface area contributed by atoms with Crippen LogP contribution in [0, 0.1) is 5.92 Å². The highest BCUT2D eigenvalue weighted by Crippen LogP contribution is 2.27. The van der Waals surface area contributed by atoms with Gasteiger partial charge in [-0.3, -0.25) is 4.79 Å². The number of methoxy groups -OCH3 is 1. The number of ether oxygens (including phenoxy) is 1. The summed E-state index contributed by atoms with van der Waals surface area (Å²) in [6.07, 6.45) is 0.533. The van der Waals surface area contributed by atoms with Crippen molar-refractivity contribution in [2.24, 2.45) is 5.92 Å². The van der Waals surface area contributed by atoms with Crippen molar-refractivity contribution in [2.45, 2.75) is 26.2 Å². The van der Waals surface area contributed by atoms with Crippen LogP contribution in [0.4, 0.5) is 0 Å². The second-order valence-corrected chi connectivity index (χ2v) is 4.81. The molecule has 0 saturated heterocycles. The number of amides is 1. The molecule has 1 aromatic carbocycles. The largest absolute Gasteiger partial charge is 0.383 e. The average Bonchev–Trinajstić information content (AvgIpc) is 2.37. The van der Waals surface area contributed by atoms with E-state index in [0.29, 0.717) is 25.5 Å². The molecule has 1 amide bonds. The Kier molecular flexibility index (Phi) is 6.44. The number of carbonyl (C=O) groups is 1. The molecule has 3 nitrogen and oxygen atoms in total. The third kappa shape index (κ3) is 4.88. The summed E-state index contributed by atoms with van der Waals surface area (Å²) in [5.74, 6) is 0.809. The van der Waals surface area contributed by atoms with Gasteiger partial charge in [0.1, 0.15) is 0 Å². The fourth-order valence-electron chi connectivity index (χ4n) is 2.00. The SMILES string of the molecule is COCCNC(=O)CC(c1ccccc1)C(C)C. The van der Waals surface area contributed by atoms with E-state index in [-0.39, 0.29) is 11.8 Å². The Hall–Kier alpha value is -1.35. The lowest BCUT2D eigenvalue weighted by Crippen LogP contribution is -2.29. The molecule has 0 spiro atoms. The minimum Gasteiger partial charge on any atom is -0.383 e. The van der Waals surface area contributed by atoms with Crippen LogP contribution in [0.3, 0.4) is 0 Å². The predicted octanol–water partition coefficient (Wildman–Crippen LogP) is 2.58. The molecule has 0 fully saturated rings. The first-order chi connectivity index (χ1) is 8.65. The molecule has 1 N–H and O–H groups in total. The topological polar surface area (TPSA) is 38.3 Å². The monoisotopic (exact) mass is 249 g/mol. The lowest BCUT2D eigenvalue weighted by molar-refractivity contribution is -0.121. The molecule has 0 bridgehead atoms. The van der Waals surface area contributed by atoms with E-state index in [2.05, 4.69) is 31.3 Å². The van der Waals surface area contributed by atoms with E-state index in [1.54, 1.807) is 7.11 Å². The number of carbonyl (C=O) groups excluding carboxylic acids is 1.